The number of hydrogen-bond acceptors (Lipinski definition) is 3. The zero-order chi connectivity index (χ0) is 20.3. The molecule has 1 saturated carbocycles. The third kappa shape index (κ3) is 4.24. The van der Waals surface area contributed by atoms with Crippen LogP contribution in [0, 0.1) is 0 Å². The Labute approximate surface area is 179 Å². The van der Waals surface area contributed by atoms with Crippen molar-refractivity contribution in [1.82, 2.24) is 10.2 Å². The summed E-state index contributed by atoms with van der Waals surface area (Å²) in [6.07, 6.45) is 9.93. The second kappa shape index (κ2) is 8.81. The Morgan fingerprint density at radius 2 is 1.73 bits per heavy atom. The maximum absolute atomic E-state index is 12.9. The molecule has 2 aliphatic carbocycles. The van der Waals surface area contributed by atoms with E-state index in [0.29, 0.717) is 5.56 Å². The Hall–Kier alpha value is -2.33. The van der Waals surface area contributed by atoms with Gasteiger partial charge in [0.1, 0.15) is 11.9 Å². The van der Waals surface area contributed by atoms with E-state index in [0.717, 1.165) is 50.6 Å². The van der Waals surface area contributed by atoms with E-state index < -0.39 is 0 Å². The number of aryl methyl sites for hydroxylation is 1. The van der Waals surface area contributed by atoms with Crippen molar-refractivity contribution in [3.05, 3.63) is 65.2 Å². The summed E-state index contributed by atoms with van der Waals surface area (Å²) in [5, 5.41) is 3.22. The summed E-state index contributed by atoms with van der Waals surface area (Å²) < 4.78 is 6.28. The van der Waals surface area contributed by atoms with Gasteiger partial charge in [0.2, 0.25) is 0 Å². The minimum Gasteiger partial charge on any atom is -0.490 e. The van der Waals surface area contributed by atoms with E-state index in [4.69, 9.17) is 4.74 Å². The molecule has 30 heavy (non-hydrogen) atoms. The minimum atomic E-state index is -0.0156. The monoisotopic (exact) mass is 404 g/mol. The fourth-order valence-electron chi connectivity index (χ4n) is 5.48. The Morgan fingerprint density at radius 3 is 2.57 bits per heavy atom. The lowest BCUT2D eigenvalue weighted by molar-refractivity contribution is 0.0765. The zero-order valence-electron chi connectivity index (χ0n) is 17.7. The number of likely N-dealkylation sites (tertiary alicyclic amines) is 1. The van der Waals surface area contributed by atoms with Crippen LogP contribution in [0.3, 0.4) is 0 Å². The fraction of sp³-hybridized carbons (Fsp3) is 0.500. The predicted octanol–water partition coefficient (Wildman–Crippen LogP) is 4.89. The summed E-state index contributed by atoms with van der Waals surface area (Å²) in [6.45, 7) is 2.27. The average Bonchev–Trinajstić information content (AvgIpc) is 3.45. The Kier molecular flexibility index (Phi) is 5.76. The molecule has 1 heterocycles. The summed E-state index contributed by atoms with van der Waals surface area (Å²) in [4.78, 5) is 15.5. The second-order valence-corrected chi connectivity index (χ2v) is 9.08. The normalized spacial score (nSPS) is 22.7. The molecule has 158 valence electrons. The predicted molar refractivity (Wildman–Crippen MR) is 119 cm³/mol. The Bertz CT molecular complexity index is 882. The molecule has 1 N–H and O–H groups in total. The van der Waals surface area contributed by atoms with Crippen LogP contribution in [0.1, 0.15) is 72.5 Å². The van der Waals surface area contributed by atoms with Crippen LogP contribution in [0.25, 0.3) is 0 Å². The Balaban J connectivity index is 1.17. The topological polar surface area (TPSA) is 41.6 Å². The van der Waals surface area contributed by atoms with E-state index in [9.17, 15) is 4.79 Å². The van der Waals surface area contributed by atoms with Gasteiger partial charge in [-0.1, -0.05) is 43.2 Å². The molecular weight excluding hydrogens is 372 g/mol. The molecule has 2 aromatic carbocycles. The molecule has 1 amide bonds. The molecule has 5 rings (SSSR count). The molecule has 4 heteroatoms. The van der Waals surface area contributed by atoms with Crippen LogP contribution >= 0.6 is 0 Å². The van der Waals surface area contributed by atoms with Crippen LogP contribution in [0.2, 0.25) is 0 Å². The van der Waals surface area contributed by atoms with Crippen LogP contribution < -0.4 is 10.1 Å². The van der Waals surface area contributed by atoms with Crippen molar-refractivity contribution < 1.29 is 9.53 Å². The summed E-state index contributed by atoms with van der Waals surface area (Å²) in [6, 6.07) is 17.0. The number of ether oxygens (including phenoxy) is 1. The number of rotatable bonds is 5. The van der Waals surface area contributed by atoms with Gasteiger partial charge in [-0.2, -0.15) is 0 Å². The first-order valence-corrected chi connectivity index (χ1v) is 11.7. The van der Waals surface area contributed by atoms with E-state index in [-0.39, 0.29) is 18.1 Å². The smallest absolute Gasteiger partial charge is 0.251 e. The number of nitrogens with zero attached hydrogens (tertiary/aromatic N) is 1. The van der Waals surface area contributed by atoms with Crippen LogP contribution in [0.5, 0.6) is 5.75 Å². The average molecular weight is 405 g/mol. The van der Waals surface area contributed by atoms with Crippen molar-refractivity contribution in [3.8, 4) is 5.75 Å². The summed E-state index contributed by atoms with van der Waals surface area (Å²) >= 11 is 0. The van der Waals surface area contributed by atoms with Crippen molar-refractivity contribution in [2.75, 3.05) is 13.1 Å². The number of amides is 1. The number of piperidine rings is 1. The van der Waals surface area contributed by atoms with Gasteiger partial charge >= 0.3 is 0 Å². The van der Waals surface area contributed by atoms with Crippen LogP contribution in [-0.2, 0) is 6.42 Å². The van der Waals surface area contributed by atoms with E-state index in [1.165, 1.54) is 36.8 Å². The molecule has 1 aliphatic heterocycles. The zero-order valence-corrected chi connectivity index (χ0v) is 17.7. The van der Waals surface area contributed by atoms with Gasteiger partial charge in [0.15, 0.2) is 0 Å². The molecule has 4 nitrogen and oxygen atoms in total. The van der Waals surface area contributed by atoms with Crippen molar-refractivity contribution in [3.63, 3.8) is 0 Å². The lowest BCUT2D eigenvalue weighted by Crippen LogP contribution is -2.43. The van der Waals surface area contributed by atoms with Crippen molar-refractivity contribution in [2.24, 2.45) is 0 Å². The third-order valence-electron chi connectivity index (χ3n) is 7.15. The first kappa shape index (κ1) is 19.6. The van der Waals surface area contributed by atoms with Crippen molar-refractivity contribution >= 4 is 5.91 Å². The van der Waals surface area contributed by atoms with E-state index in [1.54, 1.807) is 0 Å². The number of carbonyl (C=O) groups is 1. The highest BCUT2D eigenvalue weighted by Crippen LogP contribution is 2.31. The summed E-state index contributed by atoms with van der Waals surface area (Å²) in [7, 11) is 0. The molecule has 2 fully saturated rings. The van der Waals surface area contributed by atoms with Gasteiger partial charge in [-0.25, -0.2) is 0 Å². The maximum atomic E-state index is 12.9. The number of carbonyl (C=O) groups excluding carboxylic acids is 1. The largest absolute Gasteiger partial charge is 0.490 e. The molecule has 3 aliphatic rings. The van der Waals surface area contributed by atoms with E-state index >= 15 is 0 Å². The minimum absolute atomic E-state index is 0.0156. The first-order valence-electron chi connectivity index (χ1n) is 11.7. The summed E-state index contributed by atoms with van der Waals surface area (Å²) in [5.41, 5.74) is 3.29. The van der Waals surface area contributed by atoms with Crippen LogP contribution in [0.4, 0.5) is 0 Å². The van der Waals surface area contributed by atoms with E-state index in [1.807, 2.05) is 24.3 Å². The lowest BCUT2D eigenvalue weighted by Gasteiger charge is -2.36. The van der Waals surface area contributed by atoms with Gasteiger partial charge in [-0.3, -0.25) is 4.79 Å². The third-order valence-corrected chi connectivity index (χ3v) is 7.15. The van der Waals surface area contributed by atoms with Gasteiger partial charge in [0, 0.05) is 24.7 Å². The van der Waals surface area contributed by atoms with Crippen LogP contribution in [0.15, 0.2) is 48.5 Å². The van der Waals surface area contributed by atoms with Crippen molar-refractivity contribution in [2.45, 2.75) is 69.6 Å². The van der Waals surface area contributed by atoms with Gasteiger partial charge in [-0.15, -0.1) is 0 Å². The molecular formula is C26H32N2O2. The highest BCUT2D eigenvalue weighted by atomic mass is 16.5. The van der Waals surface area contributed by atoms with Gasteiger partial charge in [0.05, 0.1) is 6.04 Å². The van der Waals surface area contributed by atoms with Gasteiger partial charge in [0.25, 0.3) is 5.91 Å². The molecule has 1 atom stereocenters. The molecule has 0 bridgehead atoms. The quantitative estimate of drug-likeness (QED) is 0.771. The highest BCUT2D eigenvalue weighted by molar-refractivity contribution is 5.94. The van der Waals surface area contributed by atoms with E-state index in [2.05, 4.69) is 34.5 Å². The lowest BCUT2D eigenvalue weighted by atomic mass is 10.0. The molecule has 0 radical (unpaired) electrons. The first-order chi connectivity index (χ1) is 14.8. The fourth-order valence-corrected chi connectivity index (χ4v) is 5.48. The number of benzene rings is 2. The van der Waals surface area contributed by atoms with Gasteiger partial charge in [-0.05, 0) is 67.9 Å². The highest BCUT2D eigenvalue weighted by Gasteiger charge is 2.28. The maximum Gasteiger partial charge on any atom is 0.251 e. The van der Waals surface area contributed by atoms with Crippen molar-refractivity contribution in [1.29, 1.82) is 0 Å². The number of hydrogen-bond donors (Lipinski definition) is 1. The molecule has 0 aromatic heterocycles. The Morgan fingerprint density at radius 1 is 0.933 bits per heavy atom. The standard InChI is InChI=1S/C26H32N2O2/c29-26(27-25-13-12-19-6-1-4-11-24(19)25)20-7-5-10-23(18-20)30-22-14-16-28(17-15-22)21-8-2-3-9-21/h1,4-7,10-11,18,21-22,25H,2-3,8-9,12-17H2,(H,27,29). The second-order valence-electron chi connectivity index (χ2n) is 9.08. The molecule has 0 spiro atoms. The molecule has 1 saturated heterocycles. The molecule has 2 aromatic rings. The molecule has 1 unspecified atom stereocenters. The number of fused-ring (bicyclic) bond motifs is 1. The summed E-state index contributed by atoms with van der Waals surface area (Å²) in [5.74, 6) is 0.798. The number of nitrogens with one attached hydrogen (secondary N) is 1. The van der Waals surface area contributed by atoms with Crippen LogP contribution in [-0.4, -0.2) is 36.0 Å². The SMILES string of the molecule is O=C(NC1CCc2ccccc21)c1cccc(OC2CCN(C3CCCC3)CC2)c1. The van der Waals surface area contributed by atoms with Gasteiger partial charge < -0.3 is 15.0 Å².